The molecule has 0 aromatic heterocycles. The molecule has 1 aromatic rings. The van der Waals surface area contributed by atoms with Crippen LogP contribution in [0.25, 0.3) is 0 Å². The molecule has 0 bridgehead atoms. The molecule has 0 spiro atoms. The molecule has 9 nitrogen and oxygen atoms in total. The molecule has 2 heterocycles. The third-order valence-electron chi connectivity index (χ3n) is 4.70. The predicted octanol–water partition coefficient (Wildman–Crippen LogP) is 1.18. The Kier molecular flexibility index (Phi) is 6.36. The Labute approximate surface area is 170 Å². The van der Waals surface area contributed by atoms with Crippen molar-refractivity contribution >= 4 is 29.4 Å². The second-order valence-corrected chi connectivity index (χ2v) is 7.59. The summed E-state index contributed by atoms with van der Waals surface area (Å²) in [6.07, 6.45) is -0.352. The number of piperazine rings is 1. The molecule has 3 amide bonds. The summed E-state index contributed by atoms with van der Waals surface area (Å²) in [6, 6.07) is 7.43. The zero-order chi connectivity index (χ0) is 21.0. The lowest BCUT2D eigenvalue weighted by Gasteiger charge is -2.35. The number of rotatable bonds is 4. The number of aliphatic imine (C=N–C) groups is 1. The van der Waals surface area contributed by atoms with Gasteiger partial charge in [0.15, 0.2) is 0 Å². The summed E-state index contributed by atoms with van der Waals surface area (Å²) >= 11 is 0. The van der Waals surface area contributed by atoms with E-state index < -0.39 is 0 Å². The molecule has 0 atom stereocenters. The number of hydrazine groups is 1. The number of carbonyl (C=O) groups excluding carboxylic acids is 3. The molecule has 2 aliphatic rings. The average molecular weight is 401 g/mol. The first kappa shape index (κ1) is 20.6. The highest BCUT2D eigenvalue weighted by Gasteiger charge is 2.31. The summed E-state index contributed by atoms with van der Waals surface area (Å²) in [4.78, 5) is 44.5. The largest absolute Gasteiger partial charge is 0.449 e. The van der Waals surface area contributed by atoms with Gasteiger partial charge in [-0.25, -0.2) is 9.80 Å². The van der Waals surface area contributed by atoms with Crippen LogP contribution in [0.15, 0.2) is 29.3 Å². The Morgan fingerprint density at radius 2 is 1.72 bits per heavy atom. The summed E-state index contributed by atoms with van der Waals surface area (Å²) in [5, 5.41) is 1.35. The zero-order valence-electron chi connectivity index (χ0n) is 17.1. The molecule has 156 valence electrons. The highest BCUT2D eigenvalue weighted by molar-refractivity contribution is 6.39. The number of ether oxygens (including phenoxy) is 1. The minimum absolute atomic E-state index is 0.0938. The van der Waals surface area contributed by atoms with E-state index in [1.165, 1.54) is 5.01 Å². The minimum Gasteiger partial charge on any atom is -0.449 e. The van der Waals surface area contributed by atoms with Crippen molar-refractivity contribution in [3.05, 3.63) is 29.8 Å². The molecular formula is C20H27N5O4. The van der Waals surface area contributed by atoms with E-state index in [9.17, 15) is 14.4 Å². The first-order valence-electron chi connectivity index (χ1n) is 9.77. The van der Waals surface area contributed by atoms with Gasteiger partial charge in [0, 0.05) is 26.2 Å². The van der Waals surface area contributed by atoms with Crippen molar-refractivity contribution in [1.82, 2.24) is 15.2 Å². The number of carbonyl (C=O) groups is 3. The Hall–Kier alpha value is -3.10. The van der Waals surface area contributed by atoms with Crippen LogP contribution in [0.1, 0.15) is 19.4 Å². The van der Waals surface area contributed by atoms with Crippen LogP contribution in [0.2, 0.25) is 0 Å². The van der Waals surface area contributed by atoms with Crippen LogP contribution in [0, 0.1) is 12.8 Å². The lowest BCUT2D eigenvalue weighted by Crippen LogP contribution is -2.59. The van der Waals surface area contributed by atoms with Crippen molar-refractivity contribution < 1.29 is 19.1 Å². The maximum atomic E-state index is 12.8. The van der Waals surface area contributed by atoms with Gasteiger partial charge in [0.2, 0.25) is 5.84 Å². The van der Waals surface area contributed by atoms with Crippen LogP contribution in [-0.2, 0) is 14.3 Å². The smallest absolute Gasteiger partial charge is 0.409 e. The lowest BCUT2D eigenvalue weighted by atomic mass is 10.2. The lowest BCUT2D eigenvalue weighted by molar-refractivity contribution is -0.126. The molecule has 0 radical (unpaired) electrons. The van der Waals surface area contributed by atoms with Gasteiger partial charge in [-0.3, -0.25) is 20.0 Å². The Balaban J connectivity index is 1.57. The van der Waals surface area contributed by atoms with E-state index >= 15 is 0 Å². The number of amidine groups is 1. The molecule has 1 aromatic carbocycles. The molecule has 0 unspecified atom stereocenters. The Bertz CT molecular complexity index is 798. The number of hydrogen-bond acceptors (Lipinski definition) is 6. The van der Waals surface area contributed by atoms with Crippen molar-refractivity contribution in [3.8, 4) is 0 Å². The van der Waals surface area contributed by atoms with E-state index in [4.69, 9.17) is 4.74 Å². The van der Waals surface area contributed by atoms with Gasteiger partial charge >= 0.3 is 6.09 Å². The van der Waals surface area contributed by atoms with E-state index in [1.54, 1.807) is 9.80 Å². The van der Waals surface area contributed by atoms with E-state index in [0.29, 0.717) is 38.5 Å². The first-order valence-corrected chi connectivity index (χ1v) is 9.77. The minimum atomic E-state index is -0.352. The topological polar surface area (TPSA) is 94.6 Å². The molecule has 29 heavy (non-hydrogen) atoms. The van der Waals surface area contributed by atoms with Crippen LogP contribution < -0.4 is 10.4 Å². The van der Waals surface area contributed by atoms with Gasteiger partial charge in [0.1, 0.15) is 6.54 Å². The maximum Gasteiger partial charge on any atom is 0.409 e. The molecule has 0 aliphatic carbocycles. The average Bonchev–Trinajstić information content (AvgIpc) is 2.72. The number of amides is 3. The Morgan fingerprint density at radius 1 is 1.10 bits per heavy atom. The van der Waals surface area contributed by atoms with E-state index in [1.807, 2.05) is 45.0 Å². The van der Waals surface area contributed by atoms with Gasteiger partial charge in [0.25, 0.3) is 11.8 Å². The van der Waals surface area contributed by atoms with Gasteiger partial charge in [-0.1, -0.05) is 31.5 Å². The van der Waals surface area contributed by atoms with Crippen molar-refractivity contribution in [2.75, 3.05) is 44.3 Å². The maximum absolute atomic E-state index is 12.8. The van der Waals surface area contributed by atoms with E-state index in [2.05, 4.69) is 10.4 Å². The van der Waals surface area contributed by atoms with Crippen molar-refractivity contribution in [3.63, 3.8) is 0 Å². The van der Waals surface area contributed by atoms with Crippen molar-refractivity contribution in [2.24, 2.45) is 10.9 Å². The van der Waals surface area contributed by atoms with E-state index in [0.717, 1.165) is 5.56 Å². The second-order valence-electron chi connectivity index (χ2n) is 7.59. The van der Waals surface area contributed by atoms with Crippen LogP contribution in [0.5, 0.6) is 0 Å². The molecule has 1 N–H and O–H groups in total. The molecule has 1 fully saturated rings. The third kappa shape index (κ3) is 5.04. The van der Waals surface area contributed by atoms with Crippen LogP contribution in [0.3, 0.4) is 0 Å². The standard InChI is InChI=1S/C20H27N5O4/c1-14(2)13-29-20(28)24-10-8-23(9-11-24)19(27)18-21-12-17(26)25(22-18)16-6-4-15(3)5-7-16/h4-7,14H,8-13H2,1-3H3,(H,21,22). The van der Waals surface area contributed by atoms with E-state index in [-0.39, 0.29) is 36.2 Å². The number of nitrogens with one attached hydrogen (secondary N) is 1. The first-order chi connectivity index (χ1) is 13.8. The van der Waals surface area contributed by atoms with Crippen LogP contribution in [-0.4, -0.2) is 72.9 Å². The van der Waals surface area contributed by atoms with Gasteiger partial charge in [-0.05, 0) is 25.0 Å². The number of anilines is 1. The van der Waals surface area contributed by atoms with Gasteiger partial charge in [-0.15, -0.1) is 0 Å². The summed E-state index contributed by atoms with van der Waals surface area (Å²) in [5.41, 5.74) is 4.57. The van der Waals surface area contributed by atoms with Gasteiger partial charge < -0.3 is 14.5 Å². The second kappa shape index (κ2) is 8.93. The number of hydrogen-bond donors (Lipinski definition) is 1. The number of nitrogens with zero attached hydrogens (tertiary/aromatic N) is 4. The quantitative estimate of drug-likeness (QED) is 0.818. The van der Waals surface area contributed by atoms with Crippen LogP contribution >= 0.6 is 0 Å². The summed E-state index contributed by atoms with van der Waals surface area (Å²) in [5.74, 6) is -0.120. The predicted molar refractivity (Wildman–Crippen MR) is 108 cm³/mol. The fraction of sp³-hybridized carbons (Fsp3) is 0.500. The fourth-order valence-electron chi connectivity index (χ4n) is 3.01. The number of benzene rings is 1. The molecule has 1 saturated heterocycles. The summed E-state index contributed by atoms with van der Waals surface area (Å²) in [6.45, 7) is 7.77. The normalized spacial score (nSPS) is 17.2. The summed E-state index contributed by atoms with van der Waals surface area (Å²) in [7, 11) is 0. The fourth-order valence-corrected chi connectivity index (χ4v) is 3.01. The molecular weight excluding hydrogens is 374 g/mol. The van der Waals surface area contributed by atoms with Crippen molar-refractivity contribution in [2.45, 2.75) is 20.8 Å². The monoisotopic (exact) mass is 401 g/mol. The molecule has 3 rings (SSSR count). The van der Waals surface area contributed by atoms with Gasteiger partial charge in [0.05, 0.1) is 12.3 Å². The highest BCUT2D eigenvalue weighted by atomic mass is 16.6. The number of aryl methyl sites for hydroxylation is 1. The highest BCUT2D eigenvalue weighted by Crippen LogP contribution is 2.16. The van der Waals surface area contributed by atoms with Crippen LogP contribution in [0.4, 0.5) is 10.5 Å². The zero-order valence-corrected chi connectivity index (χ0v) is 17.1. The molecule has 2 aliphatic heterocycles. The van der Waals surface area contributed by atoms with Gasteiger partial charge in [-0.2, -0.15) is 0 Å². The SMILES string of the molecule is Cc1ccc(N2NC(C(=O)N3CCN(C(=O)OCC(C)C)CC3)=NCC2=O)cc1. The molecule has 0 saturated carbocycles. The van der Waals surface area contributed by atoms with Crippen molar-refractivity contribution in [1.29, 1.82) is 0 Å². The Morgan fingerprint density at radius 3 is 2.34 bits per heavy atom. The molecule has 9 heteroatoms. The third-order valence-corrected chi connectivity index (χ3v) is 4.70. The summed E-state index contributed by atoms with van der Waals surface area (Å²) < 4.78 is 5.24.